The zero-order chi connectivity index (χ0) is 13.6. The van der Waals surface area contributed by atoms with E-state index in [4.69, 9.17) is 4.74 Å². The molecule has 0 spiro atoms. The van der Waals surface area contributed by atoms with Gasteiger partial charge in [0.1, 0.15) is 6.04 Å². The molecule has 4 heteroatoms. The molecule has 18 heavy (non-hydrogen) atoms. The Morgan fingerprint density at radius 2 is 2.00 bits per heavy atom. The molecule has 0 radical (unpaired) electrons. The predicted molar refractivity (Wildman–Crippen MR) is 73.6 cm³/mol. The molecule has 1 heterocycles. The fourth-order valence-electron chi connectivity index (χ4n) is 2.54. The molecule has 1 aliphatic heterocycles. The second-order valence-electron chi connectivity index (χ2n) is 5.40. The van der Waals surface area contributed by atoms with E-state index in [9.17, 15) is 4.79 Å². The lowest BCUT2D eigenvalue weighted by atomic mass is 9.89. The van der Waals surface area contributed by atoms with Gasteiger partial charge in [-0.3, -0.25) is 9.69 Å². The third-order valence-electron chi connectivity index (χ3n) is 4.07. The van der Waals surface area contributed by atoms with Crippen molar-refractivity contribution in [3.8, 4) is 0 Å². The van der Waals surface area contributed by atoms with Crippen LogP contribution in [0.2, 0.25) is 0 Å². The molecular weight excluding hydrogens is 228 g/mol. The highest BCUT2D eigenvalue weighted by Gasteiger charge is 2.34. The molecule has 1 atom stereocenters. The summed E-state index contributed by atoms with van der Waals surface area (Å²) in [5, 5.41) is 3.38. The average Bonchev–Trinajstić information content (AvgIpc) is 2.37. The Morgan fingerprint density at radius 1 is 1.39 bits per heavy atom. The van der Waals surface area contributed by atoms with Gasteiger partial charge in [0.25, 0.3) is 0 Å². The second-order valence-corrected chi connectivity index (χ2v) is 5.40. The fraction of sp³-hybridized carbons (Fsp3) is 0.929. The molecule has 106 valence electrons. The van der Waals surface area contributed by atoms with E-state index in [0.717, 1.165) is 38.8 Å². The summed E-state index contributed by atoms with van der Waals surface area (Å²) in [6.07, 6.45) is 4.09. The minimum atomic E-state index is -0.0487. The molecule has 0 saturated carbocycles. The van der Waals surface area contributed by atoms with E-state index in [0.29, 0.717) is 6.61 Å². The first-order chi connectivity index (χ1) is 8.56. The van der Waals surface area contributed by atoms with E-state index >= 15 is 0 Å². The average molecular weight is 256 g/mol. The zero-order valence-electron chi connectivity index (χ0n) is 12.3. The number of carbonyl (C=O) groups excluding carboxylic acids is 1. The molecule has 1 fully saturated rings. The third kappa shape index (κ3) is 3.95. The molecular formula is C14H28N2O2. The van der Waals surface area contributed by atoms with Gasteiger partial charge < -0.3 is 10.1 Å². The number of carbonyl (C=O) groups is 1. The number of nitrogens with one attached hydrogen (secondary N) is 1. The zero-order valence-corrected chi connectivity index (χ0v) is 12.3. The Hall–Kier alpha value is -0.610. The van der Waals surface area contributed by atoms with Crippen LogP contribution >= 0.6 is 0 Å². The van der Waals surface area contributed by atoms with Gasteiger partial charge in [-0.2, -0.15) is 0 Å². The lowest BCUT2D eigenvalue weighted by Gasteiger charge is -2.41. The van der Waals surface area contributed by atoms with Gasteiger partial charge in [-0.1, -0.05) is 13.3 Å². The number of nitrogens with zero attached hydrogens (tertiary/aromatic N) is 1. The number of hydrogen-bond acceptors (Lipinski definition) is 4. The third-order valence-corrected chi connectivity index (χ3v) is 4.07. The summed E-state index contributed by atoms with van der Waals surface area (Å²) in [5.74, 6) is -0.0487. The summed E-state index contributed by atoms with van der Waals surface area (Å²) in [6, 6.07) is -0.0450. The molecule has 1 saturated heterocycles. The van der Waals surface area contributed by atoms with Gasteiger partial charge in [-0.25, -0.2) is 0 Å². The van der Waals surface area contributed by atoms with Crippen LogP contribution < -0.4 is 5.32 Å². The van der Waals surface area contributed by atoms with Crippen LogP contribution in [0.4, 0.5) is 0 Å². The number of esters is 1. The Labute approximate surface area is 111 Å². The molecule has 1 unspecified atom stereocenters. The van der Waals surface area contributed by atoms with Crippen LogP contribution in [0.3, 0.4) is 0 Å². The van der Waals surface area contributed by atoms with Crippen LogP contribution in [0, 0.1) is 0 Å². The van der Waals surface area contributed by atoms with Crippen LogP contribution in [-0.4, -0.2) is 49.2 Å². The summed E-state index contributed by atoms with van der Waals surface area (Å²) in [4.78, 5) is 14.3. The van der Waals surface area contributed by atoms with E-state index in [1.54, 1.807) is 0 Å². The number of likely N-dealkylation sites (tertiary alicyclic amines) is 1. The maximum absolute atomic E-state index is 12.0. The van der Waals surface area contributed by atoms with Gasteiger partial charge >= 0.3 is 5.97 Å². The molecule has 0 amide bonds. The maximum atomic E-state index is 12.0. The van der Waals surface area contributed by atoms with Gasteiger partial charge in [0.05, 0.1) is 6.61 Å². The van der Waals surface area contributed by atoms with Crippen LogP contribution in [0.15, 0.2) is 0 Å². The first-order valence-corrected chi connectivity index (χ1v) is 7.16. The quantitative estimate of drug-likeness (QED) is 0.736. The highest BCUT2D eigenvalue weighted by atomic mass is 16.5. The van der Waals surface area contributed by atoms with Crippen LogP contribution in [-0.2, 0) is 9.53 Å². The van der Waals surface area contributed by atoms with E-state index in [1.165, 1.54) is 0 Å². The van der Waals surface area contributed by atoms with E-state index in [2.05, 4.69) is 24.1 Å². The second kappa shape index (κ2) is 7.10. The van der Waals surface area contributed by atoms with Crippen LogP contribution in [0.1, 0.15) is 46.5 Å². The number of rotatable bonds is 6. The molecule has 1 N–H and O–H groups in total. The topological polar surface area (TPSA) is 41.6 Å². The summed E-state index contributed by atoms with van der Waals surface area (Å²) in [5.41, 5.74) is 0.224. The Kier molecular flexibility index (Phi) is 6.09. The molecule has 0 aliphatic carbocycles. The number of piperidine rings is 1. The molecule has 1 rings (SSSR count). The van der Waals surface area contributed by atoms with Crippen molar-refractivity contribution in [3.05, 3.63) is 0 Å². The first kappa shape index (κ1) is 15.4. The fourth-order valence-corrected chi connectivity index (χ4v) is 2.54. The Bertz CT molecular complexity index is 261. The van der Waals surface area contributed by atoms with E-state index < -0.39 is 0 Å². The lowest BCUT2D eigenvalue weighted by Crippen LogP contribution is -2.54. The van der Waals surface area contributed by atoms with E-state index in [-0.39, 0.29) is 17.6 Å². The summed E-state index contributed by atoms with van der Waals surface area (Å²) in [6.45, 7) is 8.66. The van der Waals surface area contributed by atoms with Gasteiger partial charge in [0.2, 0.25) is 0 Å². The van der Waals surface area contributed by atoms with Gasteiger partial charge in [-0.15, -0.1) is 0 Å². The highest BCUT2D eigenvalue weighted by molar-refractivity contribution is 5.75. The highest BCUT2D eigenvalue weighted by Crippen LogP contribution is 2.24. The molecule has 4 nitrogen and oxygen atoms in total. The minimum absolute atomic E-state index is 0.0450. The van der Waals surface area contributed by atoms with Gasteiger partial charge in [0, 0.05) is 18.6 Å². The molecule has 0 aromatic heterocycles. The SMILES string of the molecule is CCCC(C(=O)OCC)N1CCC(C)(NC)CC1. The minimum Gasteiger partial charge on any atom is -0.465 e. The van der Waals surface area contributed by atoms with Gasteiger partial charge in [-0.05, 0) is 40.2 Å². The molecule has 0 aromatic rings. The van der Waals surface area contributed by atoms with E-state index in [1.807, 2.05) is 14.0 Å². The summed E-state index contributed by atoms with van der Waals surface area (Å²) in [7, 11) is 2.02. The number of hydrogen-bond donors (Lipinski definition) is 1. The van der Waals surface area contributed by atoms with Crippen LogP contribution in [0.25, 0.3) is 0 Å². The molecule has 0 bridgehead atoms. The van der Waals surface area contributed by atoms with Crippen molar-refractivity contribution in [1.82, 2.24) is 10.2 Å². The maximum Gasteiger partial charge on any atom is 0.323 e. The standard InChI is InChI=1S/C14H28N2O2/c1-5-7-12(13(17)18-6-2)16-10-8-14(3,15-4)9-11-16/h12,15H,5-11H2,1-4H3. The van der Waals surface area contributed by atoms with Crippen molar-refractivity contribution >= 4 is 5.97 Å². The summed E-state index contributed by atoms with van der Waals surface area (Å²) >= 11 is 0. The molecule has 0 aromatic carbocycles. The van der Waals surface area contributed by atoms with Crippen molar-refractivity contribution < 1.29 is 9.53 Å². The molecule has 1 aliphatic rings. The summed E-state index contributed by atoms with van der Waals surface area (Å²) < 4.78 is 5.19. The van der Waals surface area contributed by atoms with Crippen molar-refractivity contribution in [2.45, 2.75) is 58.0 Å². The van der Waals surface area contributed by atoms with Gasteiger partial charge in [0.15, 0.2) is 0 Å². The smallest absolute Gasteiger partial charge is 0.323 e. The van der Waals surface area contributed by atoms with Crippen molar-refractivity contribution in [2.24, 2.45) is 0 Å². The predicted octanol–water partition coefficient (Wildman–Crippen LogP) is 1.79. The lowest BCUT2D eigenvalue weighted by molar-refractivity contribution is -0.150. The Balaban J connectivity index is 2.57. The first-order valence-electron chi connectivity index (χ1n) is 7.16. The Morgan fingerprint density at radius 3 is 2.44 bits per heavy atom. The monoisotopic (exact) mass is 256 g/mol. The van der Waals surface area contributed by atoms with Crippen molar-refractivity contribution in [1.29, 1.82) is 0 Å². The van der Waals surface area contributed by atoms with Crippen LogP contribution in [0.5, 0.6) is 0 Å². The van der Waals surface area contributed by atoms with Crippen molar-refractivity contribution in [2.75, 3.05) is 26.7 Å². The number of ether oxygens (including phenoxy) is 1. The van der Waals surface area contributed by atoms with Crippen molar-refractivity contribution in [3.63, 3.8) is 0 Å². The largest absolute Gasteiger partial charge is 0.465 e. The normalized spacial score (nSPS) is 21.6.